The van der Waals surface area contributed by atoms with E-state index >= 15 is 0 Å². The van der Waals surface area contributed by atoms with Crippen molar-refractivity contribution in [3.05, 3.63) is 35.4 Å². The third kappa shape index (κ3) is 3.33. The second-order valence-corrected chi connectivity index (χ2v) is 6.10. The van der Waals surface area contributed by atoms with Crippen LogP contribution in [0.1, 0.15) is 38.7 Å². The highest BCUT2D eigenvalue weighted by Crippen LogP contribution is 2.35. The molecule has 1 aliphatic rings. The van der Waals surface area contributed by atoms with Gasteiger partial charge in [0.25, 0.3) is 0 Å². The van der Waals surface area contributed by atoms with Crippen LogP contribution in [0.5, 0.6) is 0 Å². The minimum absolute atomic E-state index is 0.140. The second kappa shape index (κ2) is 6.00. The van der Waals surface area contributed by atoms with Gasteiger partial charge in [0.05, 0.1) is 0 Å². The predicted octanol–water partition coefficient (Wildman–Crippen LogP) is 3.91. The van der Waals surface area contributed by atoms with Crippen molar-refractivity contribution in [1.29, 1.82) is 0 Å². The highest BCUT2D eigenvalue weighted by molar-refractivity contribution is 5.20. The molecule has 0 bridgehead atoms. The maximum atomic E-state index is 13.6. The van der Waals surface area contributed by atoms with E-state index in [-0.39, 0.29) is 11.6 Å². The van der Waals surface area contributed by atoms with Gasteiger partial charge in [-0.05, 0) is 49.1 Å². The van der Waals surface area contributed by atoms with Crippen molar-refractivity contribution in [3.63, 3.8) is 0 Å². The van der Waals surface area contributed by atoms with Gasteiger partial charge in [0.1, 0.15) is 11.6 Å². The van der Waals surface area contributed by atoms with Gasteiger partial charge >= 0.3 is 0 Å². The molecule has 1 aliphatic carbocycles. The molecule has 4 atom stereocenters. The van der Waals surface area contributed by atoms with E-state index in [1.54, 1.807) is 0 Å². The van der Waals surface area contributed by atoms with E-state index in [1.807, 2.05) is 0 Å². The topological polar surface area (TPSA) is 26.0 Å². The molecule has 0 radical (unpaired) electrons. The monoisotopic (exact) mass is 267 g/mol. The molecule has 106 valence electrons. The summed E-state index contributed by atoms with van der Waals surface area (Å²) in [6.07, 6.45) is 3.60. The smallest absolute Gasteiger partial charge is 0.129 e. The fourth-order valence-corrected chi connectivity index (χ4v) is 3.11. The van der Waals surface area contributed by atoms with Crippen molar-refractivity contribution in [2.24, 2.45) is 23.5 Å². The molecule has 1 aromatic carbocycles. The Hall–Kier alpha value is -0.960. The van der Waals surface area contributed by atoms with Gasteiger partial charge in [-0.2, -0.15) is 0 Å². The van der Waals surface area contributed by atoms with Crippen molar-refractivity contribution in [3.8, 4) is 0 Å². The SMILES string of the molecule is CC1CCC(C(N)Cc2c(F)cccc2F)CC1C. The molecule has 19 heavy (non-hydrogen) atoms. The number of benzene rings is 1. The first-order valence-electron chi connectivity index (χ1n) is 7.17. The summed E-state index contributed by atoms with van der Waals surface area (Å²) in [5.74, 6) is 0.800. The molecule has 2 N–H and O–H groups in total. The molecule has 0 aromatic heterocycles. The van der Waals surface area contributed by atoms with Gasteiger partial charge in [-0.15, -0.1) is 0 Å². The molecule has 1 nitrogen and oxygen atoms in total. The Morgan fingerprint density at radius 2 is 1.79 bits per heavy atom. The van der Waals surface area contributed by atoms with E-state index < -0.39 is 11.6 Å². The van der Waals surface area contributed by atoms with E-state index in [4.69, 9.17) is 5.73 Å². The average Bonchev–Trinajstić information content (AvgIpc) is 2.37. The summed E-state index contributed by atoms with van der Waals surface area (Å²) in [5.41, 5.74) is 6.33. The summed E-state index contributed by atoms with van der Waals surface area (Å²) in [7, 11) is 0. The zero-order valence-corrected chi connectivity index (χ0v) is 11.7. The summed E-state index contributed by atoms with van der Waals surface area (Å²) in [6, 6.07) is 3.85. The van der Waals surface area contributed by atoms with E-state index in [1.165, 1.54) is 24.6 Å². The molecule has 3 heteroatoms. The van der Waals surface area contributed by atoms with Gasteiger partial charge in [-0.3, -0.25) is 0 Å². The lowest BCUT2D eigenvalue weighted by atomic mass is 9.72. The number of nitrogens with two attached hydrogens (primary N) is 1. The predicted molar refractivity (Wildman–Crippen MR) is 73.7 cm³/mol. The first-order chi connectivity index (χ1) is 8.99. The Balaban J connectivity index is 2.03. The largest absolute Gasteiger partial charge is 0.327 e. The highest BCUT2D eigenvalue weighted by Gasteiger charge is 2.29. The standard InChI is InChI=1S/C16H23F2N/c1-10-6-7-12(8-11(10)2)16(19)9-13-14(17)4-3-5-15(13)18/h3-5,10-12,16H,6-9,19H2,1-2H3. The zero-order chi connectivity index (χ0) is 14.0. The van der Waals surface area contributed by atoms with E-state index in [9.17, 15) is 8.78 Å². The van der Waals surface area contributed by atoms with Crippen molar-refractivity contribution in [2.45, 2.75) is 45.6 Å². The maximum Gasteiger partial charge on any atom is 0.129 e. The average molecular weight is 267 g/mol. The van der Waals surface area contributed by atoms with Gasteiger partial charge in [0.2, 0.25) is 0 Å². The maximum absolute atomic E-state index is 13.6. The van der Waals surface area contributed by atoms with Crippen molar-refractivity contribution in [1.82, 2.24) is 0 Å². The third-order valence-corrected chi connectivity index (χ3v) is 4.75. The first kappa shape index (κ1) is 14.4. The Bertz CT molecular complexity index is 413. The lowest BCUT2D eigenvalue weighted by Crippen LogP contribution is -2.37. The first-order valence-corrected chi connectivity index (χ1v) is 7.17. The van der Waals surface area contributed by atoms with Crippen LogP contribution in [0.3, 0.4) is 0 Å². The molecular formula is C16H23F2N. The van der Waals surface area contributed by atoms with Crippen molar-refractivity contribution in [2.75, 3.05) is 0 Å². The van der Waals surface area contributed by atoms with E-state index in [2.05, 4.69) is 13.8 Å². The van der Waals surface area contributed by atoms with Crippen LogP contribution in [0, 0.1) is 29.4 Å². The number of hydrogen-bond acceptors (Lipinski definition) is 1. The molecule has 0 saturated heterocycles. The molecular weight excluding hydrogens is 244 g/mol. The minimum Gasteiger partial charge on any atom is -0.327 e. The molecule has 1 aromatic rings. The third-order valence-electron chi connectivity index (χ3n) is 4.75. The van der Waals surface area contributed by atoms with Crippen LogP contribution in [0.2, 0.25) is 0 Å². The molecule has 0 amide bonds. The summed E-state index contributed by atoms with van der Waals surface area (Å²) in [6.45, 7) is 4.51. The highest BCUT2D eigenvalue weighted by atomic mass is 19.1. The fraction of sp³-hybridized carbons (Fsp3) is 0.625. The van der Waals surface area contributed by atoms with E-state index in [0.717, 1.165) is 18.8 Å². The van der Waals surface area contributed by atoms with Crippen LogP contribution in [0.25, 0.3) is 0 Å². The number of hydrogen-bond donors (Lipinski definition) is 1. The lowest BCUT2D eigenvalue weighted by Gasteiger charge is -2.35. The number of rotatable bonds is 3. The van der Waals surface area contributed by atoms with Gasteiger partial charge in [0.15, 0.2) is 0 Å². The summed E-state index contributed by atoms with van der Waals surface area (Å²) >= 11 is 0. The summed E-state index contributed by atoms with van der Waals surface area (Å²) in [5, 5.41) is 0. The van der Waals surface area contributed by atoms with Crippen molar-refractivity contribution >= 4 is 0 Å². The van der Waals surface area contributed by atoms with Crippen LogP contribution in [-0.4, -0.2) is 6.04 Å². The van der Waals surface area contributed by atoms with Gasteiger partial charge in [-0.25, -0.2) is 8.78 Å². The lowest BCUT2D eigenvalue weighted by molar-refractivity contribution is 0.184. The molecule has 4 unspecified atom stereocenters. The van der Waals surface area contributed by atoms with Crippen LogP contribution in [0.4, 0.5) is 8.78 Å². The Kier molecular flexibility index (Phi) is 4.56. The molecule has 0 spiro atoms. The Labute approximate surface area is 114 Å². The molecule has 1 fully saturated rings. The van der Waals surface area contributed by atoms with Crippen LogP contribution >= 0.6 is 0 Å². The molecule has 2 rings (SSSR count). The summed E-state index contributed by atoms with van der Waals surface area (Å²) in [4.78, 5) is 0. The zero-order valence-electron chi connectivity index (χ0n) is 11.7. The number of halogens is 2. The quantitative estimate of drug-likeness (QED) is 0.883. The van der Waals surface area contributed by atoms with Crippen LogP contribution in [-0.2, 0) is 6.42 Å². The van der Waals surface area contributed by atoms with E-state index in [0.29, 0.717) is 18.3 Å². The minimum atomic E-state index is -0.479. The van der Waals surface area contributed by atoms with Gasteiger partial charge in [-0.1, -0.05) is 26.3 Å². The van der Waals surface area contributed by atoms with Crippen LogP contribution < -0.4 is 5.73 Å². The van der Waals surface area contributed by atoms with Crippen molar-refractivity contribution < 1.29 is 8.78 Å². The molecule has 0 heterocycles. The van der Waals surface area contributed by atoms with Gasteiger partial charge in [0, 0.05) is 11.6 Å². The Morgan fingerprint density at radius 1 is 1.16 bits per heavy atom. The normalized spacial score (nSPS) is 29.2. The fourth-order valence-electron chi connectivity index (χ4n) is 3.11. The van der Waals surface area contributed by atoms with Crippen LogP contribution in [0.15, 0.2) is 18.2 Å². The summed E-state index contributed by atoms with van der Waals surface area (Å²) < 4.78 is 27.2. The molecule has 0 aliphatic heterocycles. The second-order valence-electron chi connectivity index (χ2n) is 6.10. The van der Waals surface area contributed by atoms with Gasteiger partial charge < -0.3 is 5.73 Å². The Morgan fingerprint density at radius 3 is 2.37 bits per heavy atom. The molecule has 1 saturated carbocycles.